The third-order valence-corrected chi connectivity index (χ3v) is 8.63. The molecule has 12 nitrogen and oxygen atoms in total. The summed E-state index contributed by atoms with van der Waals surface area (Å²) in [6, 6.07) is 6.26. The highest BCUT2D eigenvalue weighted by atomic mass is 16.6. The number of anilines is 2. The second kappa shape index (κ2) is 10.5. The molecule has 5 heterocycles. The monoisotopic (exact) mass is 586 g/mol. The molecule has 0 aliphatic carbocycles. The van der Waals surface area contributed by atoms with Crippen LogP contribution in [0.2, 0.25) is 0 Å². The lowest BCUT2D eigenvalue weighted by atomic mass is 9.86. The molecule has 0 unspecified atom stereocenters. The fraction of sp³-hybridized carbons (Fsp3) is 0.387. The van der Waals surface area contributed by atoms with Gasteiger partial charge in [0.15, 0.2) is 5.60 Å². The first-order valence-electron chi connectivity index (χ1n) is 14.5. The number of rotatable bonds is 6. The molecule has 2 atom stereocenters. The Bertz CT molecular complexity index is 1770. The van der Waals surface area contributed by atoms with E-state index in [1.165, 1.54) is 0 Å². The van der Waals surface area contributed by atoms with Gasteiger partial charge in [-0.05, 0) is 56.9 Å². The zero-order valence-corrected chi connectivity index (χ0v) is 24.2. The van der Waals surface area contributed by atoms with Crippen molar-refractivity contribution in [3.8, 4) is 11.4 Å². The molecule has 1 saturated heterocycles. The van der Waals surface area contributed by atoms with Gasteiger partial charge in [0.1, 0.15) is 12.6 Å². The SMILES string of the molecule is C=C(N)C(=O)N[C@@H](C)C(=O)Nc1ccc2nc3c(c(N4CCCCC4)c2c1)Cn1c-3cc2c(c1=O)COC(=O)[C@]2(O)CC. The lowest BCUT2D eigenvalue weighted by Gasteiger charge is -2.31. The van der Waals surface area contributed by atoms with Crippen molar-refractivity contribution in [1.82, 2.24) is 14.9 Å². The van der Waals surface area contributed by atoms with Gasteiger partial charge in [-0.25, -0.2) is 9.78 Å². The number of nitrogens with one attached hydrogen (secondary N) is 2. The highest BCUT2D eigenvalue weighted by molar-refractivity contribution is 6.03. The Morgan fingerprint density at radius 1 is 1.19 bits per heavy atom. The van der Waals surface area contributed by atoms with Gasteiger partial charge >= 0.3 is 5.97 Å². The molecule has 2 aromatic heterocycles. The predicted molar refractivity (Wildman–Crippen MR) is 160 cm³/mol. The Hall–Kier alpha value is -4.71. The second-order valence-electron chi connectivity index (χ2n) is 11.4. The minimum absolute atomic E-state index is 0.0660. The third kappa shape index (κ3) is 4.62. The van der Waals surface area contributed by atoms with Gasteiger partial charge in [-0.15, -0.1) is 0 Å². The second-order valence-corrected chi connectivity index (χ2v) is 11.4. The van der Waals surface area contributed by atoms with Gasteiger partial charge in [0.2, 0.25) is 5.91 Å². The van der Waals surface area contributed by atoms with Crippen molar-refractivity contribution in [2.75, 3.05) is 23.3 Å². The molecule has 5 N–H and O–H groups in total. The number of aliphatic hydroxyl groups is 1. The average molecular weight is 587 g/mol. The minimum Gasteiger partial charge on any atom is -0.458 e. The summed E-state index contributed by atoms with van der Waals surface area (Å²) in [6.07, 6.45) is 3.22. The smallest absolute Gasteiger partial charge is 0.343 e. The van der Waals surface area contributed by atoms with Crippen molar-refractivity contribution in [1.29, 1.82) is 0 Å². The van der Waals surface area contributed by atoms with Crippen LogP contribution in [-0.2, 0) is 37.9 Å². The van der Waals surface area contributed by atoms with Gasteiger partial charge in [-0.3, -0.25) is 14.4 Å². The number of nitrogens with two attached hydrogens (primary N) is 1. The molecule has 6 rings (SSSR count). The van der Waals surface area contributed by atoms with Crippen LogP contribution in [0.3, 0.4) is 0 Å². The topological polar surface area (TPSA) is 169 Å². The molecular formula is C31H34N6O6. The van der Waals surface area contributed by atoms with E-state index in [9.17, 15) is 24.3 Å². The Balaban J connectivity index is 1.47. The standard InChI is InChI=1S/C31H34N6O6/c1-4-31(42)22-13-24-25-20(14-37(24)29(40)21(22)15-43-30(31)41)26(36-10-6-5-7-11-36)19-12-18(8-9-23(19)35-25)34-28(39)17(3)33-27(38)16(2)32/h8-9,12-13,17,42H,2,4-7,10-11,14-15,32H2,1,3H3,(H,33,38)(H,34,39)/t17-,31-/m0/s1. The van der Waals surface area contributed by atoms with Crippen LogP contribution in [0.1, 0.15) is 56.2 Å². The molecule has 43 heavy (non-hydrogen) atoms. The van der Waals surface area contributed by atoms with E-state index in [1.54, 1.807) is 30.5 Å². The van der Waals surface area contributed by atoms with Gasteiger partial charge in [0, 0.05) is 35.3 Å². The predicted octanol–water partition coefficient (Wildman–Crippen LogP) is 1.99. The number of fused-ring (bicyclic) bond motifs is 5. The fourth-order valence-electron chi connectivity index (χ4n) is 6.22. The van der Waals surface area contributed by atoms with E-state index < -0.39 is 29.4 Å². The molecule has 0 spiro atoms. The molecular weight excluding hydrogens is 552 g/mol. The Labute approximate surface area is 247 Å². The number of esters is 1. The largest absolute Gasteiger partial charge is 0.458 e. The molecule has 3 aliphatic rings. The van der Waals surface area contributed by atoms with Crippen LogP contribution in [0.5, 0.6) is 0 Å². The Morgan fingerprint density at radius 3 is 2.63 bits per heavy atom. The van der Waals surface area contributed by atoms with E-state index >= 15 is 0 Å². The first-order valence-corrected chi connectivity index (χ1v) is 14.5. The van der Waals surface area contributed by atoms with Crippen LogP contribution in [0.25, 0.3) is 22.3 Å². The summed E-state index contributed by atoms with van der Waals surface area (Å²) in [5.74, 6) is -1.80. The summed E-state index contributed by atoms with van der Waals surface area (Å²) in [6.45, 7) is 8.35. The van der Waals surface area contributed by atoms with E-state index in [1.807, 2.05) is 12.1 Å². The van der Waals surface area contributed by atoms with Gasteiger partial charge < -0.3 is 35.7 Å². The average Bonchev–Trinajstić information content (AvgIpc) is 3.36. The van der Waals surface area contributed by atoms with Gasteiger partial charge in [0.05, 0.1) is 40.4 Å². The number of carbonyl (C=O) groups is 3. The van der Waals surface area contributed by atoms with Crippen molar-refractivity contribution < 1.29 is 24.2 Å². The number of piperidine rings is 1. The molecule has 0 bridgehead atoms. The maximum atomic E-state index is 13.8. The number of ether oxygens (including phenoxy) is 1. The van der Waals surface area contributed by atoms with E-state index in [-0.39, 0.29) is 42.0 Å². The molecule has 3 aromatic rings. The summed E-state index contributed by atoms with van der Waals surface area (Å²) in [4.78, 5) is 58.4. The number of cyclic esters (lactones) is 1. The first kappa shape index (κ1) is 28.4. The molecule has 12 heteroatoms. The van der Waals surface area contributed by atoms with Gasteiger partial charge in [-0.1, -0.05) is 13.5 Å². The number of benzene rings is 1. The van der Waals surface area contributed by atoms with Crippen LogP contribution in [-0.4, -0.2) is 51.6 Å². The van der Waals surface area contributed by atoms with Gasteiger partial charge in [-0.2, -0.15) is 0 Å². The number of nitrogens with zero attached hydrogens (tertiary/aromatic N) is 3. The van der Waals surface area contributed by atoms with E-state index in [2.05, 4.69) is 22.1 Å². The van der Waals surface area contributed by atoms with Crippen molar-refractivity contribution in [2.45, 2.75) is 64.3 Å². The van der Waals surface area contributed by atoms with Crippen LogP contribution < -0.4 is 26.8 Å². The van der Waals surface area contributed by atoms with E-state index in [0.29, 0.717) is 22.6 Å². The van der Waals surface area contributed by atoms with Crippen molar-refractivity contribution in [2.24, 2.45) is 5.73 Å². The lowest BCUT2D eigenvalue weighted by molar-refractivity contribution is -0.172. The number of hydrogen-bond donors (Lipinski definition) is 4. The van der Waals surface area contributed by atoms with Crippen LogP contribution >= 0.6 is 0 Å². The number of hydrogen-bond acceptors (Lipinski definition) is 9. The van der Waals surface area contributed by atoms with Crippen LogP contribution in [0.4, 0.5) is 11.4 Å². The molecule has 1 aromatic carbocycles. The first-order chi connectivity index (χ1) is 20.5. The van der Waals surface area contributed by atoms with E-state index in [4.69, 9.17) is 15.5 Å². The fourth-order valence-corrected chi connectivity index (χ4v) is 6.22. The van der Waals surface area contributed by atoms with Crippen LogP contribution in [0.15, 0.2) is 41.3 Å². The third-order valence-electron chi connectivity index (χ3n) is 8.63. The molecule has 1 fully saturated rings. The van der Waals surface area contributed by atoms with Crippen molar-refractivity contribution >= 4 is 40.1 Å². The highest BCUT2D eigenvalue weighted by Gasteiger charge is 2.45. The summed E-state index contributed by atoms with van der Waals surface area (Å²) in [7, 11) is 0. The Kier molecular flexibility index (Phi) is 6.96. The molecule has 0 radical (unpaired) electrons. The quantitative estimate of drug-likeness (QED) is 0.195. The van der Waals surface area contributed by atoms with Gasteiger partial charge in [0.25, 0.3) is 11.5 Å². The summed E-state index contributed by atoms with van der Waals surface area (Å²) in [5, 5.41) is 17.4. The lowest BCUT2D eigenvalue weighted by Crippen LogP contribution is -2.44. The maximum Gasteiger partial charge on any atom is 0.343 e. The summed E-state index contributed by atoms with van der Waals surface area (Å²) < 4.78 is 6.85. The van der Waals surface area contributed by atoms with Crippen molar-refractivity contribution in [3.63, 3.8) is 0 Å². The number of pyridine rings is 2. The minimum atomic E-state index is -1.90. The van der Waals surface area contributed by atoms with Crippen molar-refractivity contribution in [3.05, 3.63) is 63.6 Å². The zero-order chi connectivity index (χ0) is 30.6. The number of carbonyl (C=O) groups excluding carboxylic acids is 3. The molecule has 224 valence electrons. The number of amides is 2. The van der Waals surface area contributed by atoms with E-state index in [0.717, 1.165) is 49.0 Å². The summed E-state index contributed by atoms with van der Waals surface area (Å²) in [5.41, 5.74) is 7.74. The zero-order valence-electron chi connectivity index (χ0n) is 24.2. The van der Waals surface area contributed by atoms with Crippen LogP contribution in [0, 0.1) is 0 Å². The molecule has 3 aliphatic heterocycles. The molecule has 2 amide bonds. The normalized spacial score (nSPS) is 19.6. The highest BCUT2D eigenvalue weighted by Crippen LogP contribution is 2.44. The summed E-state index contributed by atoms with van der Waals surface area (Å²) >= 11 is 0. The number of aromatic nitrogens is 2. The maximum absolute atomic E-state index is 13.8. The molecule has 0 saturated carbocycles. The Morgan fingerprint density at radius 2 is 1.93 bits per heavy atom.